The Labute approximate surface area is 155 Å². The van der Waals surface area contributed by atoms with Gasteiger partial charge in [-0.15, -0.1) is 5.10 Å². The van der Waals surface area contributed by atoms with Crippen LogP contribution in [0.5, 0.6) is 6.01 Å². The largest absolute Gasteiger partial charge is 0.462 e. The van der Waals surface area contributed by atoms with Crippen LogP contribution in [0.1, 0.15) is 22.8 Å². The Bertz CT molecular complexity index is 981. The number of rotatable bonds is 8. The Morgan fingerprint density at radius 2 is 1.96 bits per heavy atom. The Kier molecular flexibility index (Phi) is 5.82. The van der Waals surface area contributed by atoms with Crippen LogP contribution in [0, 0.1) is 0 Å². The number of benzene rings is 1. The lowest BCUT2D eigenvalue weighted by atomic mass is 10.2. The van der Waals surface area contributed by atoms with Crippen LogP contribution in [-0.2, 0) is 16.0 Å². The fraction of sp³-hybridized carbons (Fsp3) is 0.333. The molecule has 0 aliphatic heterocycles. The molecule has 3 aromatic rings. The third-order valence-electron chi connectivity index (χ3n) is 3.74. The molecule has 0 bridgehead atoms. The van der Waals surface area contributed by atoms with Crippen molar-refractivity contribution in [2.75, 3.05) is 26.9 Å². The molecule has 0 N–H and O–H groups in total. The van der Waals surface area contributed by atoms with Gasteiger partial charge in [-0.25, -0.2) is 4.79 Å². The van der Waals surface area contributed by atoms with E-state index in [0.717, 1.165) is 10.1 Å². The van der Waals surface area contributed by atoms with E-state index in [9.17, 15) is 9.59 Å². The van der Waals surface area contributed by atoms with Crippen molar-refractivity contribution in [1.82, 2.24) is 19.2 Å². The first-order valence-electron chi connectivity index (χ1n) is 8.47. The van der Waals surface area contributed by atoms with Gasteiger partial charge in [-0.1, -0.05) is 30.3 Å². The number of hydrogen-bond donors (Lipinski definition) is 0. The second kappa shape index (κ2) is 8.45. The molecule has 9 nitrogen and oxygen atoms in total. The zero-order chi connectivity index (χ0) is 19.2. The topological polar surface area (TPSA) is 97.0 Å². The lowest BCUT2D eigenvalue weighted by molar-refractivity contribution is 0.0522. The van der Waals surface area contributed by atoms with Gasteiger partial charge in [0.15, 0.2) is 0 Å². The van der Waals surface area contributed by atoms with Crippen LogP contribution >= 0.6 is 0 Å². The molecule has 0 radical (unpaired) electrons. The maximum atomic E-state index is 12.7. The van der Waals surface area contributed by atoms with Crippen LogP contribution in [0.15, 0.2) is 41.3 Å². The average molecular weight is 372 g/mol. The van der Waals surface area contributed by atoms with Gasteiger partial charge >= 0.3 is 12.0 Å². The van der Waals surface area contributed by atoms with E-state index in [2.05, 4.69) is 10.1 Å². The quantitative estimate of drug-likeness (QED) is 0.432. The Balaban J connectivity index is 2.07. The van der Waals surface area contributed by atoms with Crippen molar-refractivity contribution in [1.29, 1.82) is 0 Å². The maximum Gasteiger partial charge on any atom is 0.345 e. The van der Waals surface area contributed by atoms with E-state index in [-0.39, 0.29) is 30.6 Å². The van der Waals surface area contributed by atoms with Gasteiger partial charge in [0, 0.05) is 13.3 Å². The number of nitrogens with zero attached hydrogens (tertiary/aromatic N) is 4. The van der Waals surface area contributed by atoms with Crippen LogP contribution in [0.25, 0.3) is 5.78 Å². The van der Waals surface area contributed by atoms with Gasteiger partial charge in [0.25, 0.3) is 5.56 Å². The molecular weight excluding hydrogens is 352 g/mol. The van der Waals surface area contributed by atoms with Gasteiger partial charge < -0.3 is 18.8 Å². The molecule has 27 heavy (non-hydrogen) atoms. The molecule has 0 amide bonds. The molecule has 2 aromatic heterocycles. The molecular formula is C18H20N4O5. The first-order chi connectivity index (χ1) is 13.1. The summed E-state index contributed by atoms with van der Waals surface area (Å²) in [7, 11) is 1.55. The van der Waals surface area contributed by atoms with Gasteiger partial charge in [-0.05, 0) is 12.5 Å². The van der Waals surface area contributed by atoms with E-state index in [1.165, 1.54) is 6.20 Å². The average Bonchev–Trinajstić information content (AvgIpc) is 3.10. The minimum atomic E-state index is -0.705. The molecule has 0 atom stereocenters. The predicted molar refractivity (Wildman–Crippen MR) is 96.1 cm³/mol. The highest BCUT2D eigenvalue weighted by molar-refractivity contribution is 5.88. The van der Waals surface area contributed by atoms with E-state index >= 15 is 0 Å². The van der Waals surface area contributed by atoms with Crippen molar-refractivity contribution in [2.24, 2.45) is 0 Å². The molecule has 1 aromatic carbocycles. The molecule has 0 unspecified atom stereocenters. The number of hydrogen-bond acceptors (Lipinski definition) is 7. The summed E-state index contributed by atoms with van der Waals surface area (Å²) in [6.45, 7) is 2.84. The number of ether oxygens (including phenoxy) is 3. The molecule has 0 saturated heterocycles. The molecule has 0 aliphatic carbocycles. The second-order valence-electron chi connectivity index (χ2n) is 5.63. The highest BCUT2D eigenvalue weighted by atomic mass is 16.5. The highest BCUT2D eigenvalue weighted by Gasteiger charge is 2.20. The summed E-state index contributed by atoms with van der Waals surface area (Å²) in [5.74, 6) is -0.437. The first kappa shape index (κ1) is 18.6. The fourth-order valence-corrected chi connectivity index (χ4v) is 2.51. The van der Waals surface area contributed by atoms with Crippen molar-refractivity contribution in [3.63, 3.8) is 0 Å². The van der Waals surface area contributed by atoms with Gasteiger partial charge in [0.05, 0.1) is 19.8 Å². The minimum absolute atomic E-state index is 0.0342. The number of carbonyl (C=O) groups is 1. The van der Waals surface area contributed by atoms with Crippen LogP contribution in [-0.4, -0.2) is 52.1 Å². The molecule has 9 heteroatoms. The predicted octanol–water partition coefficient (Wildman–Crippen LogP) is 1.14. The number of aromatic nitrogens is 4. The van der Waals surface area contributed by atoms with Gasteiger partial charge in [0.2, 0.25) is 5.78 Å². The SMILES string of the molecule is CCOC(=O)c1cn(Cc2ccccc2)c2nc(OCCOC)nn2c1=O. The van der Waals surface area contributed by atoms with Crippen molar-refractivity contribution in [2.45, 2.75) is 13.5 Å². The van der Waals surface area contributed by atoms with E-state index in [4.69, 9.17) is 14.2 Å². The number of methoxy groups -OCH3 is 1. The van der Waals surface area contributed by atoms with Crippen molar-refractivity contribution < 1.29 is 19.0 Å². The summed E-state index contributed by atoms with van der Waals surface area (Å²) < 4.78 is 18.0. The maximum absolute atomic E-state index is 12.7. The molecule has 2 heterocycles. The zero-order valence-corrected chi connectivity index (χ0v) is 15.1. The summed E-state index contributed by atoms with van der Waals surface area (Å²) in [4.78, 5) is 29.1. The summed E-state index contributed by atoms with van der Waals surface area (Å²) in [6, 6.07) is 9.63. The van der Waals surface area contributed by atoms with Crippen LogP contribution in [0.3, 0.4) is 0 Å². The van der Waals surface area contributed by atoms with Crippen molar-refractivity contribution in [3.8, 4) is 6.01 Å². The summed E-state index contributed by atoms with van der Waals surface area (Å²) in [5, 5.41) is 4.08. The van der Waals surface area contributed by atoms with Crippen molar-refractivity contribution >= 4 is 11.7 Å². The number of esters is 1. The van der Waals surface area contributed by atoms with E-state index < -0.39 is 11.5 Å². The molecule has 0 spiro atoms. The zero-order valence-electron chi connectivity index (χ0n) is 15.1. The number of fused-ring (bicyclic) bond motifs is 1. The van der Waals surface area contributed by atoms with E-state index in [1.54, 1.807) is 18.6 Å². The Morgan fingerprint density at radius 3 is 2.67 bits per heavy atom. The molecule has 3 rings (SSSR count). The van der Waals surface area contributed by atoms with Crippen LogP contribution in [0.2, 0.25) is 0 Å². The smallest absolute Gasteiger partial charge is 0.345 e. The second-order valence-corrected chi connectivity index (χ2v) is 5.63. The summed E-state index contributed by atoms with van der Waals surface area (Å²) >= 11 is 0. The highest BCUT2D eigenvalue weighted by Crippen LogP contribution is 2.11. The standard InChI is InChI=1S/C18H20N4O5/c1-3-26-16(24)14-12-21(11-13-7-5-4-6-8-13)18-19-17(27-10-9-25-2)20-22(18)15(14)23/h4-8,12H,3,9-11H2,1-2H3. The minimum Gasteiger partial charge on any atom is -0.462 e. The molecule has 0 saturated carbocycles. The molecule has 0 fully saturated rings. The van der Waals surface area contributed by atoms with Crippen molar-refractivity contribution in [3.05, 3.63) is 58.0 Å². The third kappa shape index (κ3) is 4.14. The van der Waals surface area contributed by atoms with Crippen LogP contribution in [0.4, 0.5) is 0 Å². The van der Waals surface area contributed by atoms with Crippen LogP contribution < -0.4 is 10.3 Å². The fourth-order valence-electron chi connectivity index (χ4n) is 2.51. The summed E-state index contributed by atoms with van der Waals surface area (Å²) in [5.41, 5.74) is 0.248. The molecule has 142 valence electrons. The summed E-state index contributed by atoms with van der Waals surface area (Å²) in [6.07, 6.45) is 1.44. The normalized spacial score (nSPS) is 10.9. The number of carbonyl (C=O) groups excluding carboxylic acids is 1. The monoisotopic (exact) mass is 372 g/mol. The van der Waals surface area contributed by atoms with Gasteiger partial charge in [0.1, 0.15) is 12.2 Å². The third-order valence-corrected chi connectivity index (χ3v) is 3.74. The lowest BCUT2D eigenvalue weighted by Gasteiger charge is -2.10. The van der Waals surface area contributed by atoms with Gasteiger partial charge in [-0.2, -0.15) is 9.50 Å². The molecule has 0 aliphatic rings. The Hall–Kier alpha value is -3.20. The first-order valence-corrected chi connectivity index (χ1v) is 8.47. The van der Waals surface area contributed by atoms with E-state index in [1.807, 2.05) is 30.3 Å². The van der Waals surface area contributed by atoms with Gasteiger partial charge in [-0.3, -0.25) is 4.79 Å². The lowest BCUT2D eigenvalue weighted by Crippen LogP contribution is -2.27. The van der Waals surface area contributed by atoms with E-state index in [0.29, 0.717) is 13.2 Å². The Morgan fingerprint density at radius 1 is 1.19 bits per heavy atom.